The first kappa shape index (κ1) is 27.5. The molecule has 2 aromatic carbocycles. The van der Waals surface area contributed by atoms with Crippen molar-refractivity contribution in [3.8, 4) is 5.75 Å². The third-order valence-corrected chi connectivity index (χ3v) is 6.72. The summed E-state index contributed by atoms with van der Waals surface area (Å²) in [5, 5.41) is 3.23. The Morgan fingerprint density at radius 3 is 2.26 bits per heavy atom. The highest BCUT2D eigenvalue weighted by molar-refractivity contribution is 7.92. The van der Waals surface area contributed by atoms with Gasteiger partial charge in [-0.25, -0.2) is 8.42 Å². The molecule has 0 fully saturated rings. The van der Waals surface area contributed by atoms with Crippen molar-refractivity contribution in [1.82, 2.24) is 10.2 Å². The molecule has 0 aliphatic rings. The normalized spacial score (nSPS) is 12.1. The molecule has 0 unspecified atom stereocenters. The molecule has 0 heterocycles. The van der Waals surface area contributed by atoms with Crippen molar-refractivity contribution < 1.29 is 22.7 Å². The van der Waals surface area contributed by atoms with Crippen LogP contribution in [0.15, 0.2) is 42.5 Å². The second kappa shape index (κ2) is 12.1. The molecule has 0 aromatic heterocycles. The molecule has 8 nitrogen and oxygen atoms in total. The van der Waals surface area contributed by atoms with Gasteiger partial charge in [-0.3, -0.25) is 13.9 Å². The number of carbonyl (C=O) groups is 2. The number of nitrogens with one attached hydrogen (secondary N) is 1. The van der Waals surface area contributed by atoms with Crippen LogP contribution in [0.25, 0.3) is 0 Å². The molecule has 1 atom stereocenters. The molecule has 0 radical (unpaired) electrons. The summed E-state index contributed by atoms with van der Waals surface area (Å²) in [5.74, 6) is -0.118. The van der Waals surface area contributed by atoms with Gasteiger partial charge in [-0.15, -0.1) is 0 Å². The van der Waals surface area contributed by atoms with Gasteiger partial charge >= 0.3 is 0 Å². The number of likely N-dealkylation sites (N-methyl/N-ethyl adjacent to an activating group) is 1. The fourth-order valence-corrected chi connectivity index (χ4v) is 4.77. The molecule has 1 N–H and O–H groups in total. The molecule has 0 bridgehead atoms. The third kappa shape index (κ3) is 7.11. The fourth-order valence-electron chi connectivity index (χ4n) is 3.63. The first-order valence-corrected chi connectivity index (χ1v) is 13.2. The van der Waals surface area contributed by atoms with Gasteiger partial charge in [0.15, 0.2) is 0 Å². The highest BCUT2D eigenvalue weighted by Crippen LogP contribution is 2.26. The quantitative estimate of drug-likeness (QED) is 0.501. The molecular formula is C24H32ClN3O5S. The summed E-state index contributed by atoms with van der Waals surface area (Å²) < 4.78 is 31.6. The number of aryl methyl sites for hydroxylation is 1. The van der Waals surface area contributed by atoms with Crippen molar-refractivity contribution >= 4 is 39.1 Å². The van der Waals surface area contributed by atoms with Crippen LogP contribution >= 0.6 is 11.6 Å². The van der Waals surface area contributed by atoms with Gasteiger partial charge in [-0.05, 0) is 61.7 Å². The van der Waals surface area contributed by atoms with Crippen molar-refractivity contribution in [2.24, 2.45) is 0 Å². The monoisotopic (exact) mass is 509 g/mol. The Balaban J connectivity index is 2.45. The maximum atomic E-state index is 13.6. The number of nitrogens with zero attached hydrogens (tertiary/aromatic N) is 2. The van der Waals surface area contributed by atoms with Crippen LogP contribution in [0.1, 0.15) is 31.4 Å². The Morgan fingerprint density at radius 1 is 1.12 bits per heavy atom. The molecule has 10 heteroatoms. The molecule has 0 aliphatic carbocycles. The topological polar surface area (TPSA) is 96.0 Å². The Morgan fingerprint density at radius 2 is 1.76 bits per heavy atom. The molecule has 0 aliphatic heterocycles. The highest BCUT2D eigenvalue weighted by atomic mass is 35.5. The summed E-state index contributed by atoms with van der Waals surface area (Å²) in [6.45, 7) is 5.44. The highest BCUT2D eigenvalue weighted by Gasteiger charge is 2.31. The standard InChI is InChI=1S/C24H32ClN3O5S/c1-6-21(24(30)26-7-2)27(15-18-8-11-20(33-4)12-9-18)23(29)16-28(34(5,31)32)22-13-10-19(25)14-17(22)3/h8-14,21H,6-7,15-16H2,1-5H3,(H,26,30)/t21-/m1/s1. The van der Waals surface area contributed by atoms with E-state index >= 15 is 0 Å². The largest absolute Gasteiger partial charge is 0.497 e. The number of ether oxygens (including phenoxy) is 1. The Labute approximate surface area is 206 Å². The second-order valence-electron chi connectivity index (χ2n) is 7.89. The van der Waals surface area contributed by atoms with Crippen LogP contribution in [0.4, 0.5) is 5.69 Å². The number of rotatable bonds is 11. The predicted molar refractivity (Wildman–Crippen MR) is 135 cm³/mol. The van der Waals surface area contributed by atoms with Gasteiger partial charge in [0.1, 0.15) is 18.3 Å². The van der Waals surface area contributed by atoms with E-state index in [1.165, 1.54) is 4.90 Å². The summed E-state index contributed by atoms with van der Waals surface area (Å²) in [4.78, 5) is 27.8. The summed E-state index contributed by atoms with van der Waals surface area (Å²) in [5.41, 5.74) is 1.75. The summed E-state index contributed by atoms with van der Waals surface area (Å²) >= 11 is 6.03. The molecule has 0 saturated carbocycles. The molecule has 0 spiro atoms. The van der Waals surface area contributed by atoms with Gasteiger partial charge in [-0.2, -0.15) is 0 Å². The van der Waals surface area contributed by atoms with Crippen LogP contribution in [0.2, 0.25) is 5.02 Å². The van der Waals surface area contributed by atoms with Gasteiger partial charge < -0.3 is 15.0 Å². The molecule has 0 saturated heterocycles. The lowest BCUT2D eigenvalue weighted by Crippen LogP contribution is -2.52. The van der Waals surface area contributed by atoms with Crippen molar-refractivity contribution in [2.45, 2.75) is 39.8 Å². The van der Waals surface area contributed by atoms with Crippen LogP contribution in [0, 0.1) is 6.92 Å². The number of methoxy groups -OCH3 is 1. The zero-order valence-corrected chi connectivity index (χ0v) is 21.7. The lowest BCUT2D eigenvalue weighted by Gasteiger charge is -2.33. The lowest BCUT2D eigenvalue weighted by molar-refractivity contribution is -0.140. The van der Waals surface area contributed by atoms with Crippen LogP contribution in [0.3, 0.4) is 0 Å². The average molecular weight is 510 g/mol. The maximum absolute atomic E-state index is 13.6. The van der Waals surface area contributed by atoms with Gasteiger partial charge in [0, 0.05) is 18.1 Å². The van der Waals surface area contributed by atoms with E-state index in [2.05, 4.69) is 5.32 Å². The number of hydrogen-bond acceptors (Lipinski definition) is 5. The SMILES string of the molecule is CCNC(=O)[C@@H](CC)N(Cc1ccc(OC)cc1)C(=O)CN(c1ccc(Cl)cc1C)S(C)(=O)=O. The van der Waals surface area contributed by atoms with Gasteiger partial charge in [0.25, 0.3) is 0 Å². The smallest absolute Gasteiger partial charge is 0.244 e. The molecule has 2 rings (SSSR count). The zero-order chi connectivity index (χ0) is 25.5. The van der Waals surface area contributed by atoms with Crippen molar-refractivity contribution in [3.63, 3.8) is 0 Å². The van der Waals surface area contributed by atoms with Crippen molar-refractivity contribution in [2.75, 3.05) is 30.8 Å². The molecule has 2 amide bonds. The number of sulfonamides is 1. The zero-order valence-electron chi connectivity index (χ0n) is 20.2. The van der Waals surface area contributed by atoms with Crippen molar-refractivity contribution in [3.05, 3.63) is 58.6 Å². The molecule has 2 aromatic rings. The van der Waals surface area contributed by atoms with E-state index < -0.39 is 28.5 Å². The van der Waals surface area contributed by atoms with Crippen molar-refractivity contribution in [1.29, 1.82) is 0 Å². The lowest BCUT2D eigenvalue weighted by atomic mass is 10.1. The molecule has 34 heavy (non-hydrogen) atoms. The minimum absolute atomic E-state index is 0.135. The van der Waals surface area contributed by atoms with E-state index in [0.717, 1.165) is 16.1 Å². The number of halogens is 1. The van der Waals surface area contributed by atoms with Gasteiger partial charge in [0.2, 0.25) is 21.8 Å². The molecular weight excluding hydrogens is 478 g/mol. The van der Waals surface area contributed by atoms with Gasteiger partial charge in [0.05, 0.1) is 19.1 Å². The van der Waals surface area contributed by atoms with Crippen LogP contribution in [-0.4, -0.2) is 57.6 Å². The van der Waals surface area contributed by atoms with Crippen LogP contribution in [-0.2, 0) is 26.2 Å². The van der Waals surface area contributed by atoms with Gasteiger partial charge in [-0.1, -0.05) is 30.7 Å². The number of hydrogen-bond donors (Lipinski definition) is 1. The first-order valence-electron chi connectivity index (χ1n) is 11.0. The Bertz CT molecular complexity index is 1110. The molecule has 186 valence electrons. The number of benzene rings is 2. The van der Waals surface area contributed by atoms with E-state index in [1.807, 2.05) is 6.92 Å². The first-order chi connectivity index (χ1) is 16.0. The van der Waals surface area contributed by atoms with E-state index in [0.29, 0.717) is 35.0 Å². The van der Waals surface area contributed by atoms with E-state index in [-0.39, 0.29) is 12.5 Å². The third-order valence-electron chi connectivity index (χ3n) is 5.36. The maximum Gasteiger partial charge on any atom is 0.244 e. The average Bonchev–Trinajstić information content (AvgIpc) is 2.77. The van der Waals surface area contributed by atoms with E-state index in [9.17, 15) is 18.0 Å². The Kier molecular flexibility index (Phi) is 9.76. The minimum atomic E-state index is -3.80. The fraction of sp³-hybridized carbons (Fsp3) is 0.417. The second-order valence-corrected chi connectivity index (χ2v) is 10.2. The van der Waals surface area contributed by atoms with Crippen LogP contribution < -0.4 is 14.4 Å². The number of amides is 2. The summed E-state index contributed by atoms with van der Waals surface area (Å²) in [6.07, 6.45) is 1.41. The Hall–Kier alpha value is -2.78. The predicted octanol–water partition coefficient (Wildman–Crippen LogP) is 3.37. The minimum Gasteiger partial charge on any atom is -0.497 e. The summed E-state index contributed by atoms with van der Waals surface area (Å²) in [7, 11) is -2.24. The van der Waals surface area contributed by atoms with E-state index in [1.54, 1.807) is 63.4 Å². The summed E-state index contributed by atoms with van der Waals surface area (Å²) in [6, 6.07) is 11.2. The van der Waals surface area contributed by atoms with E-state index in [4.69, 9.17) is 16.3 Å². The van der Waals surface area contributed by atoms with Crippen LogP contribution in [0.5, 0.6) is 5.75 Å². The number of carbonyl (C=O) groups excluding carboxylic acids is 2. The number of anilines is 1.